The molecule has 0 aromatic heterocycles. The summed E-state index contributed by atoms with van der Waals surface area (Å²) >= 11 is 0. The molecular formula is C53H65NO14Si. The number of carbonyl (C=O) groups excluding carboxylic acids is 6. The zero-order valence-electron chi connectivity index (χ0n) is 41.2. The van der Waals surface area contributed by atoms with Crippen molar-refractivity contribution in [1.29, 1.82) is 0 Å². The van der Waals surface area contributed by atoms with E-state index in [2.05, 4.69) is 5.32 Å². The smallest absolute Gasteiger partial charge is 0.338 e. The van der Waals surface area contributed by atoms with Crippen LogP contribution >= 0.6 is 0 Å². The SMILES string of the molecule is CC(=O)O[C@H]1C(=O)[C@@]2(C)[C@H]([C@H](OC(=O)c3ccccc3)[C@]3(O)CC(OC(=O)[C@H](O[Si](C)(C)C(C)(C)C)C(NC(=O)c4ccccc4)c4ccccc4)C(C)=C1C3(C)C)[C@]1(OC(C)=O)CO[C@@H]1C[C@@H]2O. The molecule has 1 aliphatic heterocycles. The van der Waals surface area contributed by atoms with Crippen LogP contribution < -0.4 is 5.32 Å². The largest absolute Gasteiger partial charge is 0.456 e. The van der Waals surface area contributed by atoms with Crippen LogP contribution in [0.3, 0.4) is 0 Å². The molecule has 0 radical (unpaired) electrons. The van der Waals surface area contributed by atoms with E-state index in [9.17, 15) is 29.4 Å². The number of ether oxygens (including phenoxy) is 5. The Morgan fingerprint density at radius 3 is 1.91 bits per heavy atom. The van der Waals surface area contributed by atoms with Gasteiger partial charge in [-0.25, -0.2) is 9.59 Å². The first kappa shape index (κ1) is 51.3. The van der Waals surface area contributed by atoms with E-state index >= 15 is 9.59 Å². The molecule has 16 heteroatoms. The molecule has 3 aromatic carbocycles. The minimum absolute atomic E-state index is 0.0502. The molecule has 2 saturated carbocycles. The van der Waals surface area contributed by atoms with E-state index in [0.29, 0.717) is 11.1 Å². The van der Waals surface area contributed by atoms with E-state index in [1.807, 2.05) is 33.9 Å². The molecule has 0 spiro atoms. The highest BCUT2D eigenvalue weighted by Crippen LogP contribution is 2.64. The lowest BCUT2D eigenvalue weighted by atomic mass is 9.44. The second-order valence-corrected chi connectivity index (χ2v) is 26.0. The fraction of sp³-hybridized carbons (Fsp3) is 0.509. The molecule has 3 N–H and O–H groups in total. The summed E-state index contributed by atoms with van der Waals surface area (Å²) in [6, 6.07) is 24.2. The number of hydrogen-bond donors (Lipinski definition) is 3. The Morgan fingerprint density at radius 2 is 1.39 bits per heavy atom. The predicted octanol–water partition coefficient (Wildman–Crippen LogP) is 6.77. The lowest BCUT2D eigenvalue weighted by Crippen LogP contribution is -2.82. The minimum atomic E-state index is -2.93. The number of aliphatic hydroxyl groups is 2. The average Bonchev–Trinajstić information content (AvgIpc) is 3.28. The van der Waals surface area contributed by atoms with Gasteiger partial charge in [0, 0.05) is 37.7 Å². The number of rotatable bonds is 12. The van der Waals surface area contributed by atoms with Crippen molar-refractivity contribution in [1.82, 2.24) is 5.32 Å². The number of amides is 1. The van der Waals surface area contributed by atoms with E-state index in [1.165, 1.54) is 26.0 Å². The Balaban J connectivity index is 1.44. The topological polar surface area (TPSA) is 210 Å². The van der Waals surface area contributed by atoms with Gasteiger partial charge in [0.1, 0.15) is 23.9 Å². The number of fused-ring (bicyclic) bond motifs is 5. The molecule has 3 aromatic rings. The zero-order valence-corrected chi connectivity index (χ0v) is 42.2. The first-order valence-corrected chi connectivity index (χ1v) is 26.3. The maximum atomic E-state index is 15.8. The van der Waals surface area contributed by atoms with Crippen molar-refractivity contribution in [3.63, 3.8) is 0 Å². The molecule has 1 amide bonds. The highest BCUT2D eigenvalue weighted by atomic mass is 28.4. The zero-order chi connectivity index (χ0) is 50.6. The van der Waals surface area contributed by atoms with E-state index in [0.717, 1.165) is 6.92 Å². The third kappa shape index (κ3) is 8.98. The minimum Gasteiger partial charge on any atom is -0.456 e. The van der Waals surface area contributed by atoms with Crippen LogP contribution in [0.15, 0.2) is 102 Å². The molecule has 2 unspecified atom stereocenters. The third-order valence-corrected chi connectivity index (χ3v) is 20.1. The number of esters is 4. The van der Waals surface area contributed by atoms with Gasteiger partial charge in [0.05, 0.1) is 35.6 Å². The quantitative estimate of drug-likeness (QED) is 0.0741. The van der Waals surface area contributed by atoms with E-state index < -0.39 is 126 Å². The van der Waals surface area contributed by atoms with Gasteiger partial charge in [0.15, 0.2) is 31.9 Å². The van der Waals surface area contributed by atoms with Gasteiger partial charge < -0.3 is 43.6 Å². The van der Waals surface area contributed by atoms with Gasteiger partial charge in [0.2, 0.25) is 0 Å². The van der Waals surface area contributed by atoms with Crippen LogP contribution in [0, 0.1) is 16.7 Å². The summed E-state index contributed by atoms with van der Waals surface area (Å²) in [4.78, 5) is 86.2. The normalized spacial score (nSPS) is 30.4. The second kappa shape index (κ2) is 18.7. The summed E-state index contributed by atoms with van der Waals surface area (Å²) in [6.45, 7) is 18.2. The molecule has 3 fully saturated rings. The van der Waals surface area contributed by atoms with E-state index in [4.69, 9.17) is 28.1 Å². The van der Waals surface area contributed by atoms with Gasteiger partial charge in [-0.05, 0) is 73.0 Å². The van der Waals surface area contributed by atoms with Crippen molar-refractivity contribution in [3.8, 4) is 0 Å². The van der Waals surface area contributed by atoms with Crippen molar-refractivity contribution in [3.05, 3.63) is 119 Å². The highest BCUT2D eigenvalue weighted by Gasteiger charge is 2.78. The van der Waals surface area contributed by atoms with Gasteiger partial charge in [0.25, 0.3) is 5.91 Å². The fourth-order valence-corrected chi connectivity index (χ4v) is 12.0. The molecule has 69 heavy (non-hydrogen) atoms. The Bertz CT molecular complexity index is 2510. The summed E-state index contributed by atoms with van der Waals surface area (Å²) in [5.41, 5.74) is -6.59. The lowest BCUT2D eigenvalue weighted by molar-refractivity contribution is -0.346. The number of ketones is 1. The van der Waals surface area contributed by atoms with Crippen LogP contribution in [-0.4, -0.2) is 109 Å². The molecule has 15 nitrogen and oxygen atoms in total. The maximum absolute atomic E-state index is 15.8. The van der Waals surface area contributed by atoms with Crippen LogP contribution in [0.4, 0.5) is 0 Å². The van der Waals surface area contributed by atoms with E-state index in [1.54, 1.807) is 99.6 Å². The van der Waals surface area contributed by atoms with Crippen molar-refractivity contribution < 1.29 is 67.1 Å². The second-order valence-electron chi connectivity index (χ2n) is 21.2. The van der Waals surface area contributed by atoms with Crippen molar-refractivity contribution in [2.45, 2.75) is 147 Å². The van der Waals surface area contributed by atoms with Crippen LogP contribution in [0.25, 0.3) is 0 Å². The Kier molecular flexibility index (Phi) is 13.9. The molecular weight excluding hydrogens is 903 g/mol. The molecule has 1 heterocycles. The first-order chi connectivity index (χ1) is 32.2. The summed E-state index contributed by atoms with van der Waals surface area (Å²) in [5.74, 6) is -6.32. The Labute approximate surface area is 404 Å². The maximum Gasteiger partial charge on any atom is 0.338 e. The average molecular weight is 968 g/mol. The van der Waals surface area contributed by atoms with Gasteiger partial charge in [-0.1, -0.05) is 101 Å². The molecule has 370 valence electrons. The number of carbonyl (C=O) groups is 6. The van der Waals surface area contributed by atoms with E-state index in [-0.39, 0.29) is 29.7 Å². The monoisotopic (exact) mass is 967 g/mol. The van der Waals surface area contributed by atoms with Gasteiger partial charge in [-0.2, -0.15) is 0 Å². The molecule has 3 aliphatic carbocycles. The van der Waals surface area contributed by atoms with Gasteiger partial charge in [-0.15, -0.1) is 0 Å². The predicted molar refractivity (Wildman–Crippen MR) is 254 cm³/mol. The lowest BCUT2D eigenvalue weighted by Gasteiger charge is -2.67. The number of aliphatic hydroxyl groups excluding tert-OH is 1. The van der Waals surface area contributed by atoms with Gasteiger partial charge in [-0.3, -0.25) is 19.2 Å². The standard InChI is InChI=1S/C53H65NO14Si/c1-30-36(65-48(61)42(68-69(10,11)49(4,5)6)40(33-21-15-12-16-22-33)54-46(59)34-23-17-13-18-24-34)28-53(62)45(66-47(60)35-25-19-14-20-26-35)43-51(9,37(57)27-38-52(43,29-63-38)67-32(3)56)44(58)41(64-31(2)55)39(30)50(53,7)8/h12-26,36-38,40-43,45,57,62H,27-29H2,1-11H3,(H,54,59)/t36?,37-,38+,40?,41+,42+,43-,45-,51+,52-,53+/m0/s1. The number of benzene rings is 3. The van der Waals surface area contributed by atoms with Gasteiger partial charge >= 0.3 is 23.9 Å². The van der Waals surface area contributed by atoms with Crippen molar-refractivity contribution in [2.24, 2.45) is 16.7 Å². The van der Waals surface area contributed by atoms with Crippen LogP contribution in [0.5, 0.6) is 0 Å². The van der Waals surface area contributed by atoms with Crippen molar-refractivity contribution in [2.75, 3.05) is 6.61 Å². The summed E-state index contributed by atoms with van der Waals surface area (Å²) in [6.07, 6.45) is -9.79. The summed E-state index contributed by atoms with van der Waals surface area (Å²) < 4.78 is 38.2. The van der Waals surface area contributed by atoms with Crippen LogP contribution in [0.1, 0.15) is 107 Å². The molecule has 7 rings (SSSR count). The Morgan fingerprint density at radius 1 is 0.826 bits per heavy atom. The molecule has 2 bridgehead atoms. The fourth-order valence-electron chi connectivity index (χ4n) is 10.8. The Hall–Kier alpha value is -5.52. The first-order valence-electron chi connectivity index (χ1n) is 23.4. The number of Topliss-reactive ketones (excluding diaryl/α,β-unsaturated/α-hetero) is 1. The molecule has 11 atom stereocenters. The summed E-state index contributed by atoms with van der Waals surface area (Å²) in [7, 11) is -2.93. The van der Waals surface area contributed by atoms with Crippen LogP contribution in [-0.2, 0) is 47.3 Å². The third-order valence-electron chi connectivity index (χ3n) is 15.7. The number of hydrogen-bond acceptors (Lipinski definition) is 14. The van der Waals surface area contributed by atoms with Crippen molar-refractivity contribution >= 4 is 43.9 Å². The highest BCUT2D eigenvalue weighted by molar-refractivity contribution is 6.74. The molecule has 1 saturated heterocycles. The summed E-state index contributed by atoms with van der Waals surface area (Å²) in [5, 5.41) is 28.8. The number of nitrogens with one attached hydrogen (secondary N) is 1. The van der Waals surface area contributed by atoms with Crippen LogP contribution in [0.2, 0.25) is 18.1 Å². The molecule has 4 aliphatic rings.